The summed E-state index contributed by atoms with van der Waals surface area (Å²) in [5.41, 5.74) is 5.75. The lowest BCUT2D eigenvalue weighted by Crippen LogP contribution is -2.49. The number of aliphatic hydroxyl groups excluding tert-OH is 1. The lowest BCUT2D eigenvalue weighted by atomic mass is 9.77. The third-order valence-electron chi connectivity index (χ3n) is 10.8. The molecular formula is C40H70N4O8. The summed E-state index contributed by atoms with van der Waals surface area (Å²) in [4.78, 5) is 43.1. The Balaban J connectivity index is 2.38. The highest BCUT2D eigenvalue weighted by Crippen LogP contribution is 2.35. The highest BCUT2D eigenvalue weighted by atomic mass is 16.6. The molecule has 1 aliphatic rings. The molecule has 3 unspecified atom stereocenters. The smallest absolute Gasteiger partial charge is 0.411 e. The van der Waals surface area contributed by atoms with Crippen LogP contribution in [0.4, 0.5) is 4.79 Å². The molecule has 1 fully saturated rings. The Hall–Kier alpha value is -3.09. The average molecular weight is 735 g/mol. The van der Waals surface area contributed by atoms with Gasteiger partial charge in [0.25, 0.3) is 0 Å². The van der Waals surface area contributed by atoms with E-state index in [1.54, 1.807) is 28.1 Å². The first-order valence-corrected chi connectivity index (χ1v) is 19.1. The van der Waals surface area contributed by atoms with Gasteiger partial charge in [0, 0.05) is 38.6 Å². The van der Waals surface area contributed by atoms with Crippen LogP contribution in [0.25, 0.3) is 0 Å². The number of likely N-dealkylation sites (tertiary alicyclic amines) is 1. The highest BCUT2D eigenvalue weighted by Gasteiger charge is 2.37. The number of ether oxygens (including phenoxy) is 4. The fourth-order valence-electron chi connectivity index (χ4n) is 6.78. The van der Waals surface area contributed by atoms with Crippen LogP contribution in [-0.2, 0) is 25.5 Å². The van der Waals surface area contributed by atoms with Gasteiger partial charge >= 0.3 is 6.09 Å². The molecule has 4 atom stereocenters. The van der Waals surface area contributed by atoms with Crippen LogP contribution in [0.1, 0.15) is 86.1 Å². The second kappa shape index (κ2) is 22.2. The fraction of sp³-hybridized carbons (Fsp3) is 0.775. The number of nitrogens with one attached hydrogen (secondary N) is 1. The van der Waals surface area contributed by atoms with E-state index < -0.39 is 36.1 Å². The second-order valence-electron chi connectivity index (χ2n) is 16.2. The van der Waals surface area contributed by atoms with Gasteiger partial charge in [-0.25, -0.2) is 4.79 Å². The Labute approximate surface area is 313 Å². The third kappa shape index (κ3) is 14.4. The molecule has 0 bridgehead atoms. The summed E-state index contributed by atoms with van der Waals surface area (Å²) in [5, 5.41) is 13.7. The van der Waals surface area contributed by atoms with Crippen molar-refractivity contribution in [1.82, 2.24) is 15.1 Å². The molecule has 1 aromatic rings. The van der Waals surface area contributed by atoms with E-state index in [-0.39, 0.29) is 42.0 Å². The maximum Gasteiger partial charge on any atom is 0.411 e. The number of amides is 3. The molecule has 1 heterocycles. The maximum absolute atomic E-state index is 13.8. The second-order valence-corrected chi connectivity index (χ2v) is 16.2. The van der Waals surface area contributed by atoms with Crippen LogP contribution in [-0.4, -0.2) is 106 Å². The van der Waals surface area contributed by atoms with Crippen molar-refractivity contribution in [2.45, 2.75) is 93.0 Å². The van der Waals surface area contributed by atoms with Gasteiger partial charge in [0.15, 0.2) is 11.5 Å². The van der Waals surface area contributed by atoms with E-state index >= 15 is 0 Å². The van der Waals surface area contributed by atoms with Gasteiger partial charge in [-0.05, 0) is 113 Å². The first kappa shape index (κ1) is 45.1. The lowest BCUT2D eigenvalue weighted by molar-refractivity contribution is -0.129. The van der Waals surface area contributed by atoms with Gasteiger partial charge in [0.1, 0.15) is 6.73 Å². The maximum atomic E-state index is 13.8. The van der Waals surface area contributed by atoms with Crippen LogP contribution in [0.3, 0.4) is 0 Å². The Morgan fingerprint density at radius 3 is 2.25 bits per heavy atom. The number of hydrogen-bond acceptors (Lipinski definition) is 9. The molecule has 0 saturated carbocycles. The molecule has 0 aliphatic carbocycles. The number of piperidine rings is 1. The number of nitrogens with two attached hydrogens (primary N) is 1. The summed E-state index contributed by atoms with van der Waals surface area (Å²) in [7, 11) is 5.39. The molecule has 12 nitrogen and oxygen atoms in total. The van der Waals surface area contributed by atoms with E-state index in [9.17, 15) is 19.5 Å². The number of aliphatic hydroxyl groups is 1. The molecule has 0 spiro atoms. The van der Waals surface area contributed by atoms with Crippen molar-refractivity contribution in [3.05, 3.63) is 23.8 Å². The van der Waals surface area contributed by atoms with Crippen LogP contribution in [0.5, 0.6) is 11.5 Å². The number of primary amides is 1. The first-order chi connectivity index (χ1) is 24.5. The molecular weight excluding hydrogens is 664 g/mol. The summed E-state index contributed by atoms with van der Waals surface area (Å²) in [6.07, 6.45) is 3.88. The molecule has 4 N–H and O–H groups in total. The molecule has 298 valence electrons. The van der Waals surface area contributed by atoms with Crippen LogP contribution in [0.15, 0.2) is 18.2 Å². The molecule has 52 heavy (non-hydrogen) atoms. The van der Waals surface area contributed by atoms with Crippen molar-refractivity contribution in [1.29, 1.82) is 0 Å². The topological polar surface area (TPSA) is 153 Å². The molecule has 0 radical (unpaired) electrons. The number of hydrogen-bond donors (Lipinski definition) is 3. The fourth-order valence-corrected chi connectivity index (χ4v) is 6.78. The van der Waals surface area contributed by atoms with Gasteiger partial charge in [-0.15, -0.1) is 0 Å². The molecule has 1 aliphatic heterocycles. The largest absolute Gasteiger partial charge is 0.493 e. The van der Waals surface area contributed by atoms with E-state index in [1.165, 1.54) is 4.90 Å². The van der Waals surface area contributed by atoms with E-state index in [0.717, 1.165) is 37.9 Å². The first-order valence-electron chi connectivity index (χ1n) is 19.1. The van der Waals surface area contributed by atoms with Crippen molar-refractivity contribution >= 4 is 17.9 Å². The quantitative estimate of drug-likeness (QED) is 0.1000. The Kier molecular flexibility index (Phi) is 19.2. The molecule has 2 rings (SSSR count). The zero-order valence-electron chi connectivity index (χ0n) is 33.7. The summed E-state index contributed by atoms with van der Waals surface area (Å²) < 4.78 is 22.7. The van der Waals surface area contributed by atoms with Crippen LogP contribution in [0, 0.1) is 40.9 Å². The van der Waals surface area contributed by atoms with E-state index in [1.807, 2.05) is 39.0 Å². The van der Waals surface area contributed by atoms with Crippen molar-refractivity contribution in [2.24, 2.45) is 46.7 Å². The zero-order valence-corrected chi connectivity index (χ0v) is 33.7. The SMILES string of the molecule is COCCCOc1cc(CC(C[C@@H](C(C)CC(C(=O)NCC(C)(C)C(N)=O)C(C)C)N(CO)C(=O)OCC2CCN(C)CC2)C(C)C)ccc1OC. The van der Waals surface area contributed by atoms with Gasteiger partial charge in [0.2, 0.25) is 11.8 Å². The summed E-state index contributed by atoms with van der Waals surface area (Å²) in [6, 6.07) is 5.57. The minimum absolute atomic E-state index is 0.0127. The zero-order chi connectivity index (χ0) is 39.0. The van der Waals surface area contributed by atoms with E-state index in [4.69, 9.17) is 24.7 Å². The van der Waals surface area contributed by atoms with Gasteiger partial charge < -0.3 is 40.0 Å². The molecule has 12 heteroatoms. The van der Waals surface area contributed by atoms with Crippen LogP contribution >= 0.6 is 0 Å². The van der Waals surface area contributed by atoms with Gasteiger partial charge in [-0.1, -0.05) is 40.7 Å². The van der Waals surface area contributed by atoms with Crippen LogP contribution in [0.2, 0.25) is 0 Å². The number of nitrogens with zero attached hydrogens (tertiary/aromatic N) is 2. The minimum atomic E-state index is -0.892. The molecule has 1 aromatic carbocycles. The van der Waals surface area contributed by atoms with Crippen molar-refractivity contribution in [3.8, 4) is 11.5 Å². The third-order valence-corrected chi connectivity index (χ3v) is 10.8. The van der Waals surface area contributed by atoms with Gasteiger partial charge in [-0.3, -0.25) is 14.5 Å². The minimum Gasteiger partial charge on any atom is -0.493 e. The number of methoxy groups -OCH3 is 2. The predicted octanol–water partition coefficient (Wildman–Crippen LogP) is 5.34. The highest BCUT2D eigenvalue weighted by molar-refractivity contribution is 5.83. The Morgan fingerprint density at radius 1 is 1.02 bits per heavy atom. The number of carbonyl (C=O) groups is 3. The summed E-state index contributed by atoms with van der Waals surface area (Å²) in [5.74, 6) is 0.720. The Morgan fingerprint density at radius 2 is 1.69 bits per heavy atom. The average Bonchev–Trinajstić information content (AvgIpc) is 3.10. The van der Waals surface area contributed by atoms with Crippen LogP contribution < -0.4 is 20.5 Å². The van der Waals surface area contributed by atoms with Crippen molar-refractivity contribution < 1.29 is 38.4 Å². The number of benzene rings is 1. The van der Waals surface area contributed by atoms with Crippen molar-refractivity contribution in [2.75, 3.05) is 67.5 Å². The summed E-state index contributed by atoms with van der Waals surface area (Å²) >= 11 is 0. The molecule has 3 amide bonds. The molecule has 0 aromatic heterocycles. The summed E-state index contributed by atoms with van der Waals surface area (Å²) in [6.45, 7) is 16.8. The predicted molar refractivity (Wildman–Crippen MR) is 204 cm³/mol. The molecule has 1 saturated heterocycles. The number of carbonyl (C=O) groups excluding carboxylic acids is 3. The van der Waals surface area contributed by atoms with E-state index in [0.29, 0.717) is 50.6 Å². The Bertz CT molecular complexity index is 1230. The van der Waals surface area contributed by atoms with E-state index in [2.05, 4.69) is 31.1 Å². The van der Waals surface area contributed by atoms with Gasteiger partial charge in [0.05, 0.1) is 25.7 Å². The normalized spacial score (nSPS) is 16.6. The monoisotopic (exact) mass is 735 g/mol. The lowest BCUT2D eigenvalue weighted by Gasteiger charge is -2.39. The number of rotatable bonds is 23. The van der Waals surface area contributed by atoms with Gasteiger partial charge in [-0.2, -0.15) is 0 Å². The van der Waals surface area contributed by atoms with Crippen molar-refractivity contribution in [3.63, 3.8) is 0 Å². The standard InChI is InChI=1S/C40H70N4O8/c1-27(2)32(21-31-12-13-35(50-10)36(22-31)51-19-11-18-49-9)23-34(44(26-45)39(48)52-24-30-14-16-43(8)17-15-30)29(5)20-33(28(3)4)37(46)42-25-40(6,7)38(41)47/h12-13,22,27-30,32-34,45H,11,14-21,23-26H2,1-10H3,(H2,41,47)(H,42,46)/t29?,32?,33?,34-/m0/s1.